The molecule has 2 fully saturated rings. The predicted molar refractivity (Wildman–Crippen MR) is 67.9 cm³/mol. The van der Waals surface area contributed by atoms with E-state index in [9.17, 15) is 4.79 Å². The van der Waals surface area contributed by atoms with Gasteiger partial charge in [-0.25, -0.2) is 9.97 Å². The van der Waals surface area contributed by atoms with E-state index in [1.807, 2.05) is 6.07 Å². The van der Waals surface area contributed by atoms with E-state index >= 15 is 0 Å². The van der Waals surface area contributed by atoms with Crippen molar-refractivity contribution < 1.29 is 4.79 Å². The van der Waals surface area contributed by atoms with Gasteiger partial charge in [0.1, 0.15) is 6.33 Å². The summed E-state index contributed by atoms with van der Waals surface area (Å²) in [6, 6.07) is 1.99. The van der Waals surface area contributed by atoms with Crippen molar-refractivity contribution in [2.45, 2.75) is 38.0 Å². The van der Waals surface area contributed by atoms with Crippen molar-refractivity contribution in [3.8, 4) is 0 Å². The summed E-state index contributed by atoms with van der Waals surface area (Å²) in [5.74, 6) is 1.22. The number of hydrogen-bond acceptors (Lipinski definition) is 3. The molecule has 0 aromatic carbocycles. The lowest BCUT2D eigenvalue weighted by molar-refractivity contribution is -0.139. The van der Waals surface area contributed by atoms with Crippen LogP contribution in [0.5, 0.6) is 0 Å². The number of carbonyl (C=O) groups is 1. The molecule has 1 aromatic heterocycles. The van der Waals surface area contributed by atoms with E-state index in [1.165, 1.54) is 6.42 Å². The third kappa shape index (κ3) is 2.24. The minimum atomic E-state index is 0.334. The van der Waals surface area contributed by atoms with Gasteiger partial charge in [-0.3, -0.25) is 4.79 Å². The standard InChI is InChI=1S/C14H19N3O/c18-14(12-2-1-3-12)17-8-5-11(6-9-17)13-4-7-15-10-16-13/h4,7,10-12H,1-3,5-6,8-9H2. The summed E-state index contributed by atoms with van der Waals surface area (Å²) in [7, 11) is 0. The highest BCUT2D eigenvalue weighted by Crippen LogP contribution is 2.31. The SMILES string of the molecule is O=C(C1CCC1)N1CCC(c2ccncn2)CC1. The quantitative estimate of drug-likeness (QED) is 0.800. The Morgan fingerprint density at radius 2 is 2.00 bits per heavy atom. The molecule has 0 atom stereocenters. The highest BCUT2D eigenvalue weighted by atomic mass is 16.2. The first kappa shape index (κ1) is 11.6. The van der Waals surface area contributed by atoms with E-state index in [1.54, 1.807) is 12.5 Å². The van der Waals surface area contributed by atoms with Crippen LogP contribution in [0.1, 0.15) is 43.7 Å². The molecule has 2 aliphatic rings. The number of amides is 1. The second kappa shape index (κ2) is 5.04. The molecule has 1 aliphatic carbocycles. The summed E-state index contributed by atoms with van der Waals surface area (Å²) in [4.78, 5) is 22.5. The molecule has 96 valence electrons. The van der Waals surface area contributed by atoms with E-state index in [0.29, 0.717) is 17.7 Å². The van der Waals surface area contributed by atoms with Crippen molar-refractivity contribution in [1.29, 1.82) is 0 Å². The van der Waals surface area contributed by atoms with Crippen LogP contribution in [0.15, 0.2) is 18.6 Å². The zero-order chi connectivity index (χ0) is 12.4. The van der Waals surface area contributed by atoms with E-state index in [2.05, 4.69) is 14.9 Å². The van der Waals surface area contributed by atoms with Crippen LogP contribution in [-0.2, 0) is 4.79 Å². The monoisotopic (exact) mass is 245 g/mol. The largest absolute Gasteiger partial charge is 0.342 e. The highest BCUT2D eigenvalue weighted by molar-refractivity contribution is 5.79. The molecule has 0 unspecified atom stereocenters. The topological polar surface area (TPSA) is 46.1 Å². The minimum Gasteiger partial charge on any atom is -0.342 e. The molecule has 1 saturated heterocycles. The number of piperidine rings is 1. The first-order chi connectivity index (χ1) is 8.84. The molecular weight excluding hydrogens is 226 g/mol. The minimum absolute atomic E-state index is 0.334. The van der Waals surface area contributed by atoms with E-state index in [0.717, 1.165) is 44.5 Å². The summed E-state index contributed by atoms with van der Waals surface area (Å²) in [6.07, 6.45) is 8.92. The molecule has 0 N–H and O–H groups in total. The normalized spacial score (nSPS) is 21.7. The van der Waals surface area contributed by atoms with Gasteiger partial charge in [0.2, 0.25) is 5.91 Å². The number of hydrogen-bond donors (Lipinski definition) is 0. The van der Waals surface area contributed by atoms with Crippen molar-refractivity contribution in [2.24, 2.45) is 5.92 Å². The molecule has 1 aromatic rings. The number of likely N-dealkylation sites (tertiary alicyclic amines) is 1. The summed E-state index contributed by atoms with van der Waals surface area (Å²) in [5, 5.41) is 0. The fourth-order valence-corrected chi connectivity index (χ4v) is 2.85. The zero-order valence-electron chi connectivity index (χ0n) is 10.6. The van der Waals surface area contributed by atoms with Gasteiger partial charge >= 0.3 is 0 Å². The molecule has 4 nitrogen and oxygen atoms in total. The zero-order valence-corrected chi connectivity index (χ0v) is 10.6. The number of carbonyl (C=O) groups excluding carboxylic acids is 1. The first-order valence-electron chi connectivity index (χ1n) is 6.89. The lowest BCUT2D eigenvalue weighted by Gasteiger charge is -2.36. The Labute approximate surface area is 107 Å². The maximum atomic E-state index is 12.1. The van der Waals surface area contributed by atoms with Crippen molar-refractivity contribution in [3.05, 3.63) is 24.3 Å². The van der Waals surface area contributed by atoms with Gasteiger partial charge in [-0.05, 0) is 31.7 Å². The maximum absolute atomic E-state index is 12.1. The van der Waals surface area contributed by atoms with E-state index in [-0.39, 0.29) is 0 Å². The number of nitrogens with zero attached hydrogens (tertiary/aromatic N) is 3. The second-order valence-corrected chi connectivity index (χ2v) is 5.36. The smallest absolute Gasteiger partial charge is 0.225 e. The van der Waals surface area contributed by atoms with Crippen molar-refractivity contribution in [2.75, 3.05) is 13.1 Å². The molecule has 2 heterocycles. The molecule has 3 rings (SSSR count). The van der Waals surface area contributed by atoms with Gasteiger partial charge in [-0.2, -0.15) is 0 Å². The van der Waals surface area contributed by atoms with Gasteiger partial charge in [-0.15, -0.1) is 0 Å². The molecule has 0 bridgehead atoms. The van der Waals surface area contributed by atoms with Crippen LogP contribution in [0.2, 0.25) is 0 Å². The summed E-state index contributed by atoms with van der Waals surface area (Å²) in [5.41, 5.74) is 1.13. The van der Waals surface area contributed by atoms with Crippen LogP contribution in [-0.4, -0.2) is 33.9 Å². The summed E-state index contributed by atoms with van der Waals surface area (Å²) in [6.45, 7) is 1.79. The highest BCUT2D eigenvalue weighted by Gasteiger charge is 2.32. The molecule has 18 heavy (non-hydrogen) atoms. The Hall–Kier alpha value is -1.45. The maximum Gasteiger partial charge on any atom is 0.225 e. The molecule has 1 saturated carbocycles. The fourth-order valence-electron chi connectivity index (χ4n) is 2.85. The third-order valence-electron chi connectivity index (χ3n) is 4.28. The molecule has 1 aliphatic heterocycles. The lowest BCUT2D eigenvalue weighted by Crippen LogP contribution is -2.43. The van der Waals surface area contributed by atoms with Crippen LogP contribution >= 0.6 is 0 Å². The van der Waals surface area contributed by atoms with Crippen molar-refractivity contribution in [3.63, 3.8) is 0 Å². The van der Waals surface area contributed by atoms with Crippen LogP contribution in [0.4, 0.5) is 0 Å². The first-order valence-corrected chi connectivity index (χ1v) is 6.89. The van der Waals surface area contributed by atoms with Crippen molar-refractivity contribution >= 4 is 5.91 Å². The van der Waals surface area contributed by atoms with Gasteiger partial charge in [0, 0.05) is 36.8 Å². The Bertz CT molecular complexity index is 408. The van der Waals surface area contributed by atoms with Crippen LogP contribution in [0, 0.1) is 5.92 Å². The molecule has 0 spiro atoms. The van der Waals surface area contributed by atoms with Gasteiger partial charge < -0.3 is 4.90 Å². The summed E-state index contributed by atoms with van der Waals surface area (Å²) >= 11 is 0. The Balaban J connectivity index is 1.56. The average molecular weight is 245 g/mol. The van der Waals surface area contributed by atoms with Gasteiger partial charge in [-0.1, -0.05) is 6.42 Å². The van der Waals surface area contributed by atoms with Gasteiger partial charge in [0.15, 0.2) is 0 Å². The van der Waals surface area contributed by atoms with Crippen LogP contribution in [0.25, 0.3) is 0 Å². The van der Waals surface area contributed by atoms with E-state index in [4.69, 9.17) is 0 Å². The fraction of sp³-hybridized carbons (Fsp3) is 0.643. The lowest BCUT2D eigenvalue weighted by atomic mass is 9.83. The Morgan fingerprint density at radius 3 is 2.56 bits per heavy atom. The average Bonchev–Trinajstić information content (AvgIpc) is 2.38. The second-order valence-electron chi connectivity index (χ2n) is 5.36. The predicted octanol–water partition coefficient (Wildman–Crippen LogP) is 1.98. The van der Waals surface area contributed by atoms with E-state index < -0.39 is 0 Å². The van der Waals surface area contributed by atoms with Crippen LogP contribution in [0.3, 0.4) is 0 Å². The molecule has 1 amide bonds. The van der Waals surface area contributed by atoms with Crippen molar-refractivity contribution in [1.82, 2.24) is 14.9 Å². The summed E-state index contributed by atoms with van der Waals surface area (Å²) < 4.78 is 0. The Morgan fingerprint density at radius 1 is 1.22 bits per heavy atom. The van der Waals surface area contributed by atoms with Crippen LogP contribution < -0.4 is 0 Å². The molecule has 0 radical (unpaired) electrons. The Kier molecular flexibility index (Phi) is 3.26. The molecule has 4 heteroatoms. The third-order valence-corrected chi connectivity index (χ3v) is 4.28. The number of rotatable bonds is 2. The van der Waals surface area contributed by atoms with Gasteiger partial charge in [0.25, 0.3) is 0 Å². The number of aromatic nitrogens is 2. The van der Waals surface area contributed by atoms with Gasteiger partial charge in [0.05, 0.1) is 0 Å². The molecular formula is C14H19N3O.